The minimum atomic E-state index is -0.107. The summed E-state index contributed by atoms with van der Waals surface area (Å²) >= 11 is 0. The molecule has 0 spiro atoms. The van der Waals surface area contributed by atoms with Crippen LogP contribution in [0.1, 0.15) is 39.8 Å². The lowest BCUT2D eigenvalue weighted by Crippen LogP contribution is -2.36. The predicted octanol–water partition coefficient (Wildman–Crippen LogP) is 3.71. The fourth-order valence-electron chi connectivity index (χ4n) is 3.61. The zero-order valence-electron chi connectivity index (χ0n) is 14.5. The molecular formula is C20H21FN4. The van der Waals surface area contributed by atoms with E-state index < -0.39 is 0 Å². The quantitative estimate of drug-likeness (QED) is 0.793. The molecule has 3 heterocycles. The lowest BCUT2D eigenvalue weighted by Gasteiger charge is -2.35. The van der Waals surface area contributed by atoms with Crippen LogP contribution in [-0.4, -0.2) is 26.4 Å². The summed E-state index contributed by atoms with van der Waals surface area (Å²) in [6.45, 7) is 5.22. The number of aryl methyl sites for hydroxylation is 1. The van der Waals surface area contributed by atoms with Crippen LogP contribution in [0.3, 0.4) is 0 Å². The summed E-state index contributed by atoms with van der Waals surface area (Å²) in [5.41, 5.74) is 5.60. The lowest BCUT2D eigenvalue weighted by atomic mass is 9.97. The van der Waals surface area contributed by atoms with Gasteiger partial charge in [-0.05, 0) is 42.7 Å². The van der Waals surface area contributed by atoms with Gasteiger partial charge in [0.15, 0.2) is 0 Å². The molecule has 1 aromatic carbocycles. The van der Waals surface area contributed by atoms with Gasteiger partial charge in [0.05, 0.1) is 23.8 Å². The van der Waals surface area contributed by atoms with Crippen molar-refractivity contribution < 1.29 is 4.39 Å². The van der Waals surface area contributed by atoms with E-state index in [0.717, 1.165) is 35.5 Å². The zero-order chi connectivity index (χ0) is 17.4. The molecule has 0 amide bonds. The molecule has 0 fully saturated rings. The number of hydrogen-bond acceptors (Lipinski definition) is 3. The van der Waals surface area contributed by atoms with Gasteiger partial charge < -0.3 is 4.98 Å². The second-order valence-electron chi connectivity index (χ2n) is 6.62. The van der Waals surface area contributed by atoms with E-state index in [4.69, 9.17) is 0 Å². The Hall–Kier alpha value is -2.53. The Labute approximate surface area is 146 Å². The number of fused-ring (bicyclic) bond motifs is 1. The smallest absolute Gasteiger partial charge is 0.129 e. The van der Waals surface area contributed by atoms with Gasteiger partial charge in [-0.2, -0.15) is 0 Å². The van der Waals surface area contributed by atoms with Crippen molar-refractivity contribution in [2.75, 3.05) is 6.54 Å². The molecule has 4 rings (SSSR count). The van der Waals surface area contributed by atoms with Crippen molar-refractivity contribution in [2.24, 2.45) is 0 Å². The number of rotatable bonds is 3. The molecule has 0 bridgehead atoms. The molecule has 1 aliphatic rings. The maximum absolute atomic E-state index is 14.3. The molecule has 0 saturated heterocycles. The second-order valence-corrected chi connectivity index (χ2v) is 6.62. The number of halogens is 1. The third kappa shape index (κ3) is 2.85. The summed E-state index contributed by atoms with van der Waals surface area (Å²) in [7, 11) is 0. The number of nitrogens with one attached hydrogen (secondary N) is 1. The number of benzene rings is 1. The topological polar surface area (TPSA) is 44.8 Å². The number of hydrogen-bond donors (Lipinski definition) is 1. The van der Waals surface area contributed by atoms with Crippen LogP contribution < -0.4 is 0 Å². The molecule has 2 aromatic heterocycles. The molecule has 4 nitrogen and oxygen atoms in total. The second kappa shape index (κ2) is 6.41. The van der Waals surface area contributed by atoms with Crippen LogP contribution in [0.2, 0.25) is 0 Å². The minimum Gasteiger partial charge on any atom is -0.348 e. The summed E-state index contributed by atoms with van der Waals surface area (Å²) in [4.78, 5) is 14.7. The fourth-order valence-corrected chi connectivity index (χ4v) is 3.61. The van der Waals surface area contributed by atoms with E-state index in [1.54, 1.807) is 13.3 Å². The molecule has 128 valence electrons. The van der Waals surface area contributed by atoms with E-state index in [2.05, 4.69) is 19.9 Å². The van der Waals surface area contributed by atoms with Crippen molar-refractivity contribution >= 4 is 0 Å². The highest BCUT2D eigenvalue weighted by Crippen LogP contribution is 2.34. The Morgan fingerprint density at radius 2 is 2.08 bits per heavy atom. The molecule has 0 radical (unpaired) electrons. The molecule has 1 atom stereocenters. The highest BCUT2D eigenvalue weighted by atomic mass is 19.1. The number of aromatic nitrogens is 3. The van der Waals surface area contributed by atoms with Gasteiger partial charge >= 0.3 is 0 Å². The number of imidazole rings is 1. The first-order chi connectivity index (χ1) is 12.1. The van der Waals surface area contributed by atoms with Gasteiger partial charge in [-0.25, -0.2) is 9.37 Å². The summed E-state index contributed by atoms with van der Waals surface area (Å²) in [5.74, 6) is -0.107. The normalized spacial score (nSPS) is 17.5. The van der Waals surface area contributed by atoms with Crippen molar-refractivity contribution in [2.45, 2.75) is 32.9 Å². The molecule has 0 aliphatic carbocycles. The van der Waals surface area contributed by atoms with Crippen LogP contribution in [0, 0.1) is 19.7 Å². The van der Waals surface area contributed by atoms with E-state index in [1.807, 2.05) is 43.5 Å². The zero-order valence-corrected chi connectivity index (χ0v) is 14.5. The average molecular weight is 336 g/mol. The van der Waals surface area contributed by atoms with Crippen LogP contribution >= 0.6 is 0 Å². The third-order valence-electron chi connectivity index (χ3n) is 5.06. The lowest BCUT2D eigenvalue weighted by molar-refractivity contribution is 0.196. The predicted molar refractivity (Wildman–Crippen MR) is 94.7 cm³/mol. The maximum atomic E-state index is 14.3. The van der Waals surface area contributed by atoms with Gasteiger partial charge in [0.2, 0.25) is 0 Å². The van der Waals surface area contributed by atoms with Crippen molar-refractivity contribution in [3.05, 3.63) is 82.4 Å². The fraction of sp³-hybridized carbons (Fsp3) is 0.300. The Morgan fingerprint density at radius 3 is 2.88 bits per heavy atom. The van der Waals surface area contributed by atoms with Gasteiger partial charge in [0.1, 0.15) is 5.82 Å². The van der Waals surface area contributed by atoms with Crippen LogP contribution in [0.4, 0.5) is 4.39 Å². The first-order valence-corrected chi connectivity index (χ1v) is 8.57. The number of H-pyrrole nitrogens is 1. The van der Waals surface area contributed by atoms with E-state index >= 15 is 0 Å². The van der Waals surface area contributed by atoms with Gasteiger partial charge in [0, 0.05) is 31.4 Å². The highest BCUT2D eigenvalue weighted by Gasteiger charge is 2.32. The van der Waals surface area contributed by atoms with Crippen molar-refractivity contribution in [1.82, 2.24) is 19.9 Å². The Morgan fingerprint density at radius 1 is 1.20 bits per heavy atom. The van der Waals surface area contributed by atoms with Crippen LogP contribution in [0.5, 0.6) is 0 Å². The van der Waals surface area contributed by atoms with Gasteiger partial charge in [-0.1, -0.05) is 18.2 Å². The van der Waals surface area contributed by atoms with E-state index in [9.17, 15) is 4.39 Å². The first-order valence-electron chi connectivity index (χ1n) is 8.57. The Balaban J connectivity index is 1.72. The monoisotopic (exact) mass is 336 g/mol. The standard InChI is InChI=1S/C20H21FN4/c1-13-6-7-15(14(2)18(13)21)11-25-10-8-16-19(24-12-23-16)20(25)17-5-3-4-9-22-17/h3-7,9,12,20H,8,10-11H2,1-2H3,(H,23,24)/t20-/m0/s1. The van der Waals surface area contributed by atoms with Crippen molar-refractivity contribution in [3.8, 4) is 0 Å². The average Bonchev–Trinajstić information content (AvgIpc) is 3.11. The van der Waals surface area contributed by atoms with Crippen LogP contribution in [0.25, 0.3) is 0 Å². The van der Waals surface area contributed by atoms with Crippen molar-refractivity contribution in [1.29, 1.82) is 0 Å². The van der Waals surface area contributed by atoms with Gasteiger partial charge in [0.25, 0.3) is 0 Å². The van der Waals surface area contributed by atoms with Crippen LogP contribution in [0.15, 0.2) is 42.9 Å². The highest BCUT2D eigenvalue weighted by molar-refractivity contribution is 5.34. The Bertz CT molecular complexity index is 888. The number of nitrogens with zero attached hydrogens (tertiary/aromatic N) is 3. The molecule has 0 saturated carbocycles. The van der Waals surface area contributed by atoms with E-state index in [0.29, 0.717) is 12.1 Å². The molecule has 0 unspecified atom stereocenters. The molecule has 25 heavy (non-hydrogen) atoms. The van der Waals surface area contributed by atoms with Crippen LogP contribution in [-0.2, 0) is 13.0 Å². The van der Waals surface area contributed by atoms with Crippen molar-refractivity contribution in [3.63, 3.8) is 0 Å². The summed E-state index contributed by atoms with van der Waals surface area (Å²) in [5, 5.41) is 0. The first kappa shape index (κ1) is 16.0. The third-order valence-corrected chi connectivity index (χ3v) is 5.06. The van der Waals surface area contributed by atoms with Gasteiger partial charge in [-0.15, -0.1) is 0 Å². The van der Waals surface area contributed by atoms with Gasteiger partial charge in [-0.3, -0.25) is 9.88 Å². The molecular weight excluding hydrogens is 315 g/mol. The maximum Gasteiger partial charge on any atom is 0.129 e. The van der Waals surface area contributed by atoms with E-state index in [1.165, 1.54) is 5.69 Å². The summed E-state index contributed by atoms with van der Waals surface area (Å²) < 4.78 is 14.3. The largest absolute Gasteiger partial charge is 0.348 e. The molecule has 1 N–H and O–H groups in total. The molecule has 1 aliphatic heterocycles. The SMILES string of the molecule is Cc1ccc(CN2CCc3[nH]cnc3[C@@H]2c2ccccn2)c(C)c1F. The minimum absolute atomic E-state index is 0.0139. The summed E-state index contributed by atoms with van der Waals surface area (Å²) in [6.07, 6.45) is 4.47. The number of aromatic amines is 1. The molecule has 3 aromatic rings. The summed E-state index contributed by atoms with van der Waals surface area (Å²) in [6, 6.07) is 9.82. The van der Waals surface area contributed by atoms with E-state index in [-0.39, 0.29) is 11.9 Å². The number of pyridine rings is 1. The molecule has 5 heteroatoms. The Kier molecular flexibility index (Phi) is 4.09.